The molecule has 0 bridgehead atoms. The maximum absolute atomic E-state index is 11.9. The smallest absolute Gasteiger partial charge is 0.220 e. The molecule has 2 rings (SSSR count). The van der Waals surface area contributed by atoms with Crippen molar-refractivity contribution in [1.29, 1.82) is 0 Å². The standard InChI is InChI=1S/C14H26N2OS/c1-12(16-7-3-2-4-8-16)10-15-13(17)9-14(11-18)5-6-14/h12,18H,2-11H2,1H3,(H,15,17). The fourth-order valence-electron chi connectivity index (χ4n) is 2.72. The number of carbonyl (C=O) groups excluding carboxylic acids is 1. The Morgan fingerprint density at radius 3 is 2.56 bits per heavy atom. The van der Waals surface area contributed by atoms with Gasteiger partial charge in [0.1, 0.15) is 0 Å². The molecule has 1 aliphatic carbocycles. The van der Waals surface area contributed by atoms with Gasteiger partial charge in [-0.15, -0.1) is 0 Å². The van der Waals surface area contributed by atoms with E-state index in [9.17, 15) is 4.79 Å². The summed E-state index contributed by atoms with van der Waals surface area (Å²) in [4.78, 5) is 14.4. The van der Waals surface area contributed by atoms with Crippen LogP contribution in [0.15, 0.2) is 0 Å². The summed E-state index contributed by atoms with van der Waals surface area (Å²) >= 11 is 4.34. The molecule has 1 atom stereocenters. The maximum Gasteiger partial charge on any atom is 0.220 e. The van der Waals surface area contributed by atoms with Gasteiger partial charge in [-0.05, 0) is 56.9 Å². The average molecular weight is 270 g/mol. The molecule has 18 heavy (non-hydrogen) atoms. The minimum absolute atomic E-state index is 0.213. The summed E-state index contributed by atoms with van der Waals surface area (Å²) in [6.45, 7) is 5.40. The highest BCUT2D eigenvalue weighted by molar-refractivity contribution is 7.80. The predicted octanol–water partition coefficient (Wildman–Crippen LogP) is 2.08. The van der Waals surface area contributed by atoms with Gasteiger partial charge in [-0.1, -0.05) is 6.42 Å². The van der Waals surface area contributed by atoms with Crippen molar-refractivity contribution in [2.75, 3.05) is 25.4 Å². The summed E-state index contributed by atoms with van der Waals surface area (Å²) < 4.78 is 0. The lowest BCUT2D eigenvalue weighted by Gasteiger charge is -2.32. The van der Waals surface area contributed by atoms with Crippen molar-refractivity contribution in [3.8, 4) is 0 Å². The second kappa shape index (κ2) is 6.29. The third-order valence-electron chi connectivity index (χ3n) is 4.44. The van der Waals surface area contributed by atoms with Gasteiger partial charge in [0.05, 0.1) is 0 Å². The Morgan fingerprint density at radius 1 is 1.33 bits per heavy atom. The van der Waals surface area contributed by atoms with E-state index in [0.29, 0.717) is 12.5 Å². The van der Waals surface area contributed by atoms with Crippen molar-refractivity contribution in [2.45, 2.75) is 51.5 Å². The third-order valence-corrected chi connectivity index (χ3v) is 5.11. The number of nitrogens with zero attached hydrogens (tertiary/aromatic N) is 1. The van der Waals surface area contributed by atoms with Gasteiger partial charge in [0.2, 0.25) is 5.91 Å². The van der Waals surface area contributed by atoms with Crippen LogP contribution < -0.4 is 5.32 Å². The molecule has 1 amide bonds. The number of hydrogen-bond donors (Lipinski definition) is 2. The topological polar surface area (TPSA) is 32.3 Å². The Balaban J connectivity index is 1.65. The highest BCUT2D eigenvalue weighted by Crippen LogP contribution is 2.49. The zero-order valence-electron chi connectivity index (χ0n) is 11.5. The van der Waals surface area contributed by atoms with Crippen LogP contribution in [0.4, 0.5) is 0 Å². The molecule has 2 aliphatic rings. The van der Waals surface area contributed by atoms with Crippen LogP contribution in [0.2, 0.25) is 0 Å². The van der Waals surface area contributed by atoms with E-state index in [-0.39, 0.29) is 11.3 Å². The van der Waals surface area contributed by atoms with Crippen molar-refractivity contribution >= 4 is 18.5 Å². The number of likely N-dealkylation sites (tertiary alicyclic amines) is 1. The summed E-state index contributed by atoms with van der Waals surface area (Å²) in [5.74, 6) is 1.06. The second-order valence-corrected chi connectivity index (χ2v) is 6.40. The lowest BCUT2D eigenvalue weighted by molar-refractivity contribution is -0.122. The summed E-state index contributed by atoms with van der Waals surface area (Å²) in [6, 6.07) is 0.473. The number of rotatable bonds is 6. The number of carbonyl (C=O) groups is 1. The molecule has 0 aromatic heterocycles. The van der Waals surface area contributed by atoms with Crippen LogP contribution >= 0.6 is 12.6 Å². The number of thiol groups is 1. The highest BCUT2D eigenvalue weighted by atomic mass is 32.1. The number of nitrogens with one attached hydrogen (secondary N) is 1. The quantitative estimate of drug-likeness (QED) is 0.724. The van der Waals surface area contributed by atoms with Gasteiger partial charge in [-0.2, -0.15) is 12.6 Å². The summed E-state index contributed by atoms with van der Waals surface area (Å²) in [7, 11) is 0. The van der Waals surface area contributed by atoms with Crippen LogP contribution in [0.5, 0.6) is 0 Å². The Bertz CT molecular complexity index is 286. The fourth-order valence-corrected chi connectivity index (χ4v) is 3.15. The normalized spacial score (nSPS) is 24.6. The maximum atomic E-state index is 11.9. The van der Waals surface area contributed by atoms with Gasteiger partial charge >= 0.3 is 0 Å². The van der Waals surface area contributed by atoms with E-state index in [1.807, 2.05) is 0 Å². The van der Waals surface area contributed by atoms with Crippen LogP contribution in [-0.2, 0) is 4.79 Å². The first kappa shape index (κ1) is 14.2. The molecule has 0 aromatic rings. The lowest BCUT2D eigenvalue weighted by atomic mass is 10.0. The second-order valence-electron chi connectivity index (χ2n) is 6.08. The van der Waals surface area contributed by atoms with Crippen LogP contribution in [0.1, 0.15) is 45.4 Å². The molecule has 1 saturated carbocycles. The summed E-state index contributed by atoms with van der Waals surface area (Å²) in [5.41, 5.74) is 0.238. The van der Waals surface area contributed by atoms with Crippen molar-refractivity contribution in [2.24, 2.45) is 5.41 Å². The molecule has 1 saturated heterocycles. The first-order valence-electron chi connectivity index (χ1n) is 7.27. The molecule has 1 heterocycles. The monoisotopic (exact) mass is 270 g/mol. The van der Waals surface area contributed by atoms with E-state index in [1.54, 1.807) is 0 Å². The van der Waals surface area contributed by atoms with Gasteiger partial charge in [-0.3, -0.25) is 9.69 Å². The highest BCUT2D eigenvalue weighted by Gasteiger charge is 2.42. The molecular weight excluding hydrogens is 244 g/mol. The van der Waals surface area contributed by atoms with E-state index < -0.39 is 0 Å². The minimum atomic E-state index is 0.213. The van der Waals surface area contributed by atoms with Crippen molar-refractivity contribution in [1.82, 2.24) is 10.2 Å². The van der Waals surface area contributed by atoms with Gasteiger partial charge in [0.25, 0.3) is 0 Å². The predicted molar refractivity (Wildman–Crippen MR) is 78.0 cm³/mol. The van der Waals surface area contributed by atoms with Gasteiger partial charge in [0, 0.05) is 19.0 Å². The minimum Gasteiger partial charge on any atom is -0.355 e. The molecule has 1 N–H and O–H groups in total. The molecule has 3 nitrogen and oxygen atoms in total. The Morgan fingerprint density at radius 2 is 2.00 bits per heavy atom. The molecular formula is C14H26N2OS. The Kier molecular flexibility index (Phi) is 4.96. The largest absolute Gasteiger partial charge is 0.355 e. The SMILES string of the molecule is CC(CNC(=O)CC1(CS)CC1)N1CCCCC1. The van der Waals surface area contributed by atoms with Gasteiger partial charge < -0.3 is 5.32 Å². The lowest BCUT2D eigenvalue weighted by Crippen LogP contribution is -2.44. The zero-order valence-corrected chi connectivity index (χ0v) is 12.3. The molecule has 0 radical (unpaired) electrons. The van der Waals surface area contributed by atoms with Gasteiger partial charge in [-0.25, -0.2) is 0 Å². The first-order valence-corrected chi connectivity index (χ1v) is 7.90. The molecule has 1 aliphatic heterocycles. The molecule has 0 spiro atoms. The Labute approximate surface area is 116 Å². The first-order chi connectivity index (χ1) is 8.65. The van der Waals surface area contributed by atoms with Crippen molar-refractivity contribution in [3.05, 3.63) is 0 Å². The molecule has 2 fully saturated rings. The van der Waals surface area contributed by atoms with E-state index in [4.69, 9.17) is 0 Å². The molecule has 4 heteroatoms. The van der Waals surface area contributed by atoms with Crippen molar-refractivity contribution < 1.29 is 4.79 Å². The van der Waals surface area contributed by atoms with Crippen LogP contribution in [-0.4, -0.2) is 42.2 Å². The van der Waals surface area contributed by atoms with Crippen LogP contribution in [0.25, 0.3) is 0 Å². The average Bonchev–Trinajstić information content (AvgIpc) is 3.17. The van der Waals surface area contributed by atoms with E-state index in [0.717, 1.165) is 12.3 Å². The van der Waals surface area contributed by atoms with Crippen LogP contribution in [0.3, 0.4) is 0 Å². The summed E-state index contributed by atoms with van der Waals surface area (Å²) in [5, 5.41) is 3.10. The van der Waals surface area contributed by atoms with E-state index in [1.165, 1.54) is 45.2 Å². The van der Waals surface area contributed by atoms with Crippen molar-refractivity contribution in [3.63, 3.8) is 0 Å². The Hall–Kier alpha value is -0.220. The van der Waals surface area contributed by atoms with Gasteiger partial charge in [0.15, 0.2) is 0 Å². The number of piperidine rings is 1. The number of amides is 1. The van der Waals surface area contributed by atoms with E-state index in [2.05, 4.69) is 29.8 Å². The zero-order chi connectivity index (χ0) is 13.0. The summed E-state index contributed by atoms with van der Waals surface area (Å²) in [6.07, 6.45) is 6.99. The molecule has 1 unspecified atom stereocenters. The number of hydrogen-bond acceptors (Lipinski definition) is 3. The van der Waals surface area contributed by atoms with Crippen LogP contribution in [0, 0.1) is 5.41 Å². The fraction of sp³-hybridized carbons (Fsp3) is 0.929. The van der Waals surface area contributed by atoms with E-state index >= 15 is 0 Å². The molecule has 0 aromatic carbocycles. The molecule has 104 valence electrons. The third kappa shape index (κ3) is 3.89.